The molecule has 0 aliphatic carbocycles. The number of aromatic hydroxyl groups is 3. The van der Waals surface area contributed by atoms with Gasteiger partial charge < -0.3 is 15.3 Å². The van der Waals surface area contributed by atoms with E-state index in [1.54, 1.807) is 24.3 Å². The van der Waals surface area contributed by atoms with Crippen molar-refractivity contribution in [1.29, 1.82) is 0 Å². The minimum atomic E-state index is -0.260. The van der Waals surface area contributed by atoms with Crippen molar-refractivity contribution in [1.82, 2.24) is 0 Å². The molecule has 0 fully saturated rings. The van der Waals surface area contributed by atoms with Crippen LogP contribution in [0.5, 0.6) is 17.2 Å². The molecule has 3 aromatic rings. The summed E-state index contributed by atoms with van der Waals surface area (Å²) in [5.41, 5.74) is 5.48. The maximum absolute atomic E-state index is 10.0. The Balaban J connectivity index is 2.17. The van der Waals surface area contributed by atoms with Gasteiger partial charge in [0.15, 0.2) is 0 Å². The van der Waals surface area contributed by atoms with Gasteiger partial charge in [-0.05, 0) is 96.8 Å². The molecule has 0 aliphatic heterocycles. The molecule has 3 aromatic carbocycles. The van der Waals surface area contributed by atoms with Crippen LogP contribution in [0, 0.1) is 13.8 Å². The third-order valence-corrected chi connectivity index (χ3v) is 6.26. The van der Waals surface area contributed by atoms with Gasteiger partial charge in [-0.1, -0.05) is 44.5 Å². The van der Waals surface area contributed by atoms with E-state index in [0.717, 1.165) is 30.4 Å². The minimum Gasteiger partial charge on any atom is -0.508 e. The fraction of sp³-hybridized carbons (Fsp3) is 0.333. The first-order valence-corrected chi connectivity index (χ1v) is 10.7. The quantitative estimate of drug-likeness (QED) is 0.410. The van der Waals surface area contributed by atoms with Crippen molar-refractivity contribution in [2.24, 2.45) is 0 Å². The van der Waals surface area contributed by atoms with Crippen LogP contribution in [0.3, 0.4) is 0 Å². The molecule has 30 heavy (non-hydrogen) atoms. The molecule has 0 spiro atoms. The number of phenolic OH excluding ortho intramolecular Hbond substituents is 3. The second-order valence-electron chi connectivity index (χ2n) is 8.52. The summed E-state index contributed by atoms with van der Waals surface area (Å²) in [6.07, 6.45) is 2.83. The summed E-state index contributed by atoms with van der Waals surface area (Å²) in [6, 6.07) is 18.8. The smallest absolute Gasteiger partial charge is 0.115 e. The van der Waals surface area contributed by atoms with Crippen molar-refractivity contribution in [2.45, 2.75) is 58.3 Å². The van der Waals surface area contributed by atoms with E-state index in [1.807, 2.05) is 43.3 Å². The summed E-state index contributed by atoms with van der Waals surface area (Å²) in [6.45, 7) is 8.52. The number of hydrogen-bond acceptors (Lipinski definition) is 3. The molecule has 0 heterocycles. The Hall–Kier alpha value is -2.94. The number of phenols is 3. The van der Waals surface area contributed by atoms with Gasteiger partial charge in [-0.25, -0.2) is 0 Å². The van der Waals surface area contributed by atoms with Crippen LogP contribution in [0.25, 0.3) is 0 Å². The Morgan fingerprint density at radius 2 is 1.33 bits per heavy atom. The zero-order chi connectivity index (χ0) is 21.9. The lowest BCUT2D eigenvalue weighted by atomic mass is 9.64. The van der Waals surface area contributed by atoms with Crippen LogP contribution >= 0.6 is 0 Å². The molecule has 2 atom stereocenters. The van der Waals surface area contributed by atoms with Gasteiger partial charge in [-0.15, -0.1) is 0 Å². The second-order valence-corrected chi connectivity index (χ2v) is 8.52. The molecule has 0 bridgehead atoms. The first-order chi connectivity index (χ1) is 14.3. The normalized spacial score (nSPS) is 14.3. The predicted molar refractivity (Wildman–Crippen MR) is 123 cm³/mol. The Bertz CT molecular complexity index is 1010. The highest BCUT2D eigenvalue weighted by Crippen LogP contribution is 2.46. The average molecular weight is 405 g/mol. The van der Waals surface area contributed by atoms with Gasteiger partial charge in [0.05, 0.1) is 0 Å². The van der Waals surface area contributed by atoms with E-state index in [2.05, 4.69) is 20.8 Å². The molecule has 158 valence electrons. The molecule has 3 nitrogen and oxygen atoms in total. The molecule has 0 radical (unpaired) electrons. The molecule has 3 N–H and O–H groups in total. The largest absolute Gasteiger partial charge is 0.508 e. The third kappa shape index (κ3) is 4.30. The Morgan fingerprint density at radius 1 is 0.767 bits per heavy atom. The number of hydrogen-bond donors (Lipinski definition) is 3. The van der Waals surface area contributed by atoms with Crippen LogP contribution in [0.15, 0.2) is 60.7 Å². The monoisotopic (exact) mass is 404 g/mol. The highest BCUT2D eigenvalue weighted by molar-refractivity contribution is 5.48. The molecule has 0 saturated carbocycles. The van der Waals surface area contributed by atoms with Crippen molar-refractivity contribution in [3.8, 4) is 17.2 Å². The van der Waals surface area contributed by atoms with E-state index in [1.165, 1.54) is 16.7 Å². The Kier molecular flexibility index (Phi) is 6.40. The summed E-state index contributed by atoms with van der Waals surface area (Å²) in [5.74, 6) is 1.07. The summed E-state index contributed by atoms with van der Waals surface area (Å²) in [5, 5.41) is 29.7. The maximum atomic E-state index is 10.0. The molecular weight excluding hydrogens is 372 g/mol. The molecule has 0 saturated heterocycles. The highest BCUT2D eigenvalue weighted by Gasteiger charge is 2.36. The number of aryl methyl sites for hydroxylation is 2. The van der Waals surface area contributed by atoms with Crippen LogP contribution < -0.4 is 0 Å². The van der Waals surface area contributed by atoms with Crippen molar-refractivity contribution in [3.05, 3.63) is 88.5 Å². The second kappa shape index (κ2) is 8.83. The fourth-order valence-corrected chi connectivity index (χ4v) is 5.00. The number of rotatable bonds is 7. The van der Waals surface area contributed by atoms with Gasteiger partial charge in [-0.3, -0.25) is 0 Å². The third-order valence-electron chi connectivity index (χ3n) is 6.26. The van der Waals surface area contributed by atoms with Gasteiger partial charge >= 0.3 is 0 Å². The fourth-order valence-electron chi connectivity index (χ4n) is 5.00. The van der Waals surface area contributed by atoms with E-state index in [-0.39, 0.29) is 28.6 Å². The molecule has 0 aliphatic rings. The van der Waals surface area contributed by atoms with Crippen LogP contribution in [0.4, 0.5) is 0 Å². The Labute approximate surface area is 179 Å². The van der Waals surface area contributed by atoms with E-state index in [0.29, 0.717) is 0 Å². The van der Waals surface area contributed by atoms with E-state index >= 15 is 0 Å². The zero-order valence-corrected chi connectivity index (χ0v) is 18.3. The van der Waals surface area contributed by atoms with Gasteiger partial charge in [0.25, 0.3) is 0 Å². The maximum Gasteiger partial charge on any atom is 0.115 e. The summed E-state index contributed by atoms with van der Waals surface area (Å²) in [4.78, 5) is 0. The lowest BCUT2D eigenvalue weighted by molar-refractivity contribution is 0.396. The standard InChI is InChI=1S/C27H32O3/c1-5-14-27(21-6-8-22(28)9-7-21,26-13-11-24(30)16-19(26)3)17-20(4)25-12-10-23(29)15-18(25)2/h6-13,15-16,20,28-30H,5,14,17H2,1-4H3. The van der Waals surface area contributed by atoms with E-state index in [9.17, 15) is 15.3 Å². The molecular formula is C27H32O3. The molecule has 3 rings (SSSR count). The lowest BCUT2D eigenvalue weighted by Gasteiger charge is -2.39. The van der Waals surface area contributed by atoms with Gasteiger partial charge in [0, 0.05) is 5.41 Å². The van der Waals surface area contributed by atoms with Crippen molar-refractivity contribution >= 4 is 0 Å². The van der Waals surface area contributed by atoms with Crippen molar-refractivity contribution < 1.29 is 15.3 Å². The van der Waals surface area contributed by atoms with E-state index in [4.69, 9.17) is 0 Å². The summed E-state index contributed by atoms with van der Waals surface area (Å²) < 4.78 is 0. The van der Waals surface area contributed by atoms with Gasteiger partial charge in [0.1, 0.15) is 17.2 Å². The topological polar surface area (TPSA) is 60.7 Å². The summed E-state index contributed by atoms with van der Waals surface area (Å²) in [7, 11) is 0. The molecule has 0 aromatic heterocycles. The van der Waals surface area contributed by atoms with Crippen LogP contribution in [0.2, 0.25) is 0 Å². The first kappa shape index (κ1) is 21.8. The lowest BCUT2D eigenvalue weighted by Crippen LogP contribution is -2.30. The zero-order valence-electron chi connectivity index (χ0n) is 18.3. The molecule has 3 heteroatoms. The first-order valence-electron chi connectivity index (χ1n) is 10.7. The predicted octanol–water partition coefficient (Wildman–Crippen LogP) is 6.70. The minimum absolute atomic E-state index is 0.249. The van der Waals surface area contributed by atoms with Crippen molar-refractivity contribution in [2.75, 3.05) is 0 Å². The Morgan fingerprint density at radius 3 is 1.90 bits per heavy atom. The molecule has 0 amide bonds. The van der Waals surface area contributed by atoms with Gasteiger partial charge in [0.2, 0.25) is 0 Å². The van der Waals surface area contributed by atoms with Crippen molar-refractivity contribution in [3.63, 3.8) is 0 Å². The SMILES string of the molecule is CCCC(CC(C)c1ccc(O)cc1C)(c1ccc(O)cc1)c1ccc(O)cc1C. The average Bonchev–Trinajstić information content (AvgIpc) is 2.68. The van der Waals surface area contributed by atoms with E-state index < -0.39 is 0 Å². The van der Waals surface area contributed by atoms with Gasteiger partial charge in [-0.2, -0.15) is 0 Å². The number of benzene rings is 3. The molecule has 2 unspecified atom stereocenters. The van der Waals surface area contributed by atoms with Crippen LogP contribution in [-0.4, -0.2) is 15.3 Å². The van der Waals surface area contributed by atoms with Crippen LogP contribution in [0.1, 0.15) is 66.8 Å². The van der Waals surface area contributed by atoms with Crippen LogP contribution in [-0.2, 0) is 5.41 Å². The highest BCUT2D eigenvalue weighted by atomic mass is 16.3. The summed E-state index contributed by atoms with van der Waals surface area (Å²) >= 11 is 0.